The topological polar surface area (TPSA) is 102 Å². The molecule has 0 bridgehead atoms. The quantitative estimate of drug-likeness (QED) is 0.542. The maximum absolute atomic E-state index is 11.8. The Morgan fingerprint density at radius 2 is 2.25 bits per heavy atom. The van der Waals surface area contributed by atoms with E-state index in [0.29, 0.717) is 24.3 Å². The number of hydrogen-bond acceptors (Lipinski definition) is 5. The molecule has 7 nitrogen and oxygen atoms in total. The number of nitrogens with two attached hydrogens (primary N) is 1. The van der Waals surface area contributed by atoms with Crippen LogP contribution in [-0.4, -0.2) is 27.6 Å². The van der Waals surface area contributed by atoms with Gasteiger partial charge in [0.1, 0.15) is 6.04 Å². The molecule has 1 saturated heterocycles. The van der Waals surface area contributed by atoms with Crippen molar-refractivity contribution in [1.29, 1.82) is 0 Å². The lowest BCUT2D eigenvalue weighted by molar-refractivity contribution is -0.133. The Balaban J connectivity index is 1.93. The Morgan fingerprint density at radius 3 is 3.00 bits per heavy atom. The first-order chi connectivity index (χ1) is 9.54. The van der Waals surface area contributed by atoms with Crippen molar-refractivity contribution in [3.63, 3.8) is 0 Å². The number of carbonyl (C=O) groups is 2. The first-order valence-corrected chi connectivity index (χ1v) is 6.37. The molecule has 0 spiro atoms. The number of carbonyl (C=O) groups excluding carboxylic acids is 2. The Morgan fingerprint density at radius 1 is 1.45 bits per heavy atom. The minimum Gasteiger partial charge on any atom is -0.399 e. The summed E-state index contributed by atoms with van der Waals surface area (Å²) in [6.07, 6.45) is 0.793. The molecule has 2 heterocycles. The van der Waals surface area contributed by atoms with Crippen molar-refractivity contribution in [3.05, 3.63) is 18.2 Å². The number of nitrogens with one attached hydrogen (secondary N) is 2. The molecule has 20 heavy (non-hydrogen) atoms. The molecule has 3 rings (SSSR count). The molecule has 1 aliphatic rings. The summed E-state index contributed by atoms with van der Waals surface area (Å²) in [5, 5.41) is 10.6. The first kappa shape index (κ1) is 12.5. The molecule has 0 aliphatic carbocycles. The van der Waals surface area contributed by atoms with Gasteiger partial charge in [-0.15, -0.1) is 0 Å². The second-order valence-electron chi connectivity index (χ2n) is 4.90. The van der Waals surface area contributed by atoms with E-state index in [4.69, 9.17) is 5.73 Å². The number of nitrogen functional groups attached to an aromatic ring is 1. The summed E-state index contributed by atoms with van der Waals surface area (Å²) in [7, 11) is 1.83. The monoisotopic (exact) mass is 273 g/mol. The Kier molecular flexibility index (Phi) is 2.81. The summed E-state index contributed by atoms with van der Waals surface area (Å²) in [6.45, 7) is 0. The highest BCUT2D eigenvalue weighted by molar-refractivity contribution is 6.02. The van der Waals surface area contributed by atoms with Gasteiger partial charge >= 0.3 is 0 Å². The van der Waals surface area contributed by atoms with E-state index in [1.54, 1.807) is 10.7 Å². The standard InChI is InChI=1S/C13H15N5O2/c1-18-10-4-2-7(14)6-8(10)12(17-18)15-9-3-5-11(19)16-13(9)20/h2,4,6,9H,3,5,14H2,1H3,(H,15,17)(H,16,19,20). The Hall–Kier alpha value is -2.57. The maximum Gasteiger partial charge on any atom is 0.249 e. The number of amides is 2. The van der Waals surface area contributed by atoms with Crippen molar-refractivity contribution in [3.8, 4) is 0 Å². The third kappa shape index (κ3) is 2.07. The van der Waals surface area contributed by atoms with Crippen molar-refractivity contribution >= 4 is 34.2 Å². The molecule has 1 aromatic heterocycles. The van der Waals surface area contributed by atoms with Gasteiger partial charge in [-0.25, -0.2) is 0 Å². The molecule has 1 atom stereocenters. The zero-order valence-electron chi connectivity index (χ0n) is 11.0. The van der Waals surface area contributed by atoms with Crippen LogP contribution in [-0.2, 0) is 16.6 Å². The molecule has 1 aliphatic heterocycles. The lowest BCUT2D eigenvalue weighted by atomic mass is 10.1. The van der Waals surface area contributed by atoms with Crippen LogP contribution in [0.3, 0.4) is 0 Å². The molecule has 1 unspecified atom stereocenters. The summed E-state index contributed by atoms with van der Waals surface area (Å²) >= 11 is 0. The van der Waals surface area contributed by atoms with Gasteiger partial charge in [-0.1, -0.05) is 0 Å². The highest BCUT2D eigenvalue weighted by Crippen LogP contribution is 2.25. The highest BCUT2D eigenvalue weighted by Gasteiger charge is 2.27. The average molecular weight is 273 g/mol. The number of aromatic nitrogens is 2. The first-order valence-electron chi connectivity index (χ1n) is 6.37. The molecule has 1 aromatic carbocycles. The smallest absolute Gasteiger partial charge is 0.249 e. The summed E-state index contributed by atoms with van der Waals surface area (Å²) in [4.78, 5) is 22.9. The molecule has 2 amide bonds. The van der Waals surface area contributed by atoms with Crippen LogP contribution in [0.25, 0.3) is 10.9 Å². The Labute approximate surface area is 115 Å². The van der Waals surface area contributed by atoms with E-state index < -0.39 is 6.04 Å². The average Bonchev–Trinajstić information content (AvgIpc) is 2.69. The molecule has 4 N–H and O–H groups in total. The number of fused-ring (bicyclic) bond motifs is 1. The van der Waals surface area contributed by atoms with Crippen LogP contribution in [0, 0.1) is 0 Å². The Bertz CT molecular complexity index is 706. The number of nitrogens with zero attached hydrogens (tertiary/aromatic N) is 2. The van der Waals surface area contributed by atoms with E-state index in [1.807, 2.05) is 19.2 Å². The van der Waals surface area contributed by atoms with Crippen LogP contribution in [0.2, 0.25) is 0 Å². The molecule has 104 valence electrons. The highest BCUT2D eigenvalue weighted by atomic mass is 16.2. The number of anilines is 2. The minimum atomic E-state index is -0.452. The van der Waals surface area contributed by atoms with Gasteiger partial charge in [0.25, 0.3) is 0 Å². The lowest BCUT2D eigenvalue weighted by Gasteiger charge is -2.21. The molecule has 7 heteroatoms. The number of piperidine rings is 1. The van der Waals surface area contributed by atoms with E-state index in [0.717, 1.165) is 10.9 Å². The maximum atomic E-state index is 11.8. The molecular formula is C13H15N5O2. The number of hydrogen-bond donors (Lipinski definition) is 3. The fourth-order valence-electron chi connectivity index (χ4n) is 2.39. The number of rotatable bonds is 2. The third-order valence-electron chi connectivity index (χ3n) is 3.42. The third-order valence-corrected chi connectivity index (χ3v) is 3.42. The minimum absolute atomic E-state index is 0.233. The molecular weight excluding hydrogens is 258 g/mol. The second-order valence-corrected chi connectivity index (χ2v) is 4.90. The van der Waals surface area contributed by atoms with Gasteiger partial charge in [0.15, 0.2) is 5.82 Å². The van der Waals surface area contributed by atoms with E-state index in [-0.39, 0.29) is 11.8 Å². The lowest BCUT2D eigenvalue weighted by Crippen LogP contribution is -2.47. The van der Waals surface area contributed by atoms with E-state index in [2.05, 4.69) is 15.7 Å². The predicted molar refractivity (Wildman–Crippen MR) is 74.9 cm³/mol. The van der Waals surface area contributed by atoms with Crippen molar-refractivity contribution in [2.45, 2.75) is 18.9 Å². The normalized spacial score (nSPS) is 19.1. The van der Waals surface area contributed by atoms with E-state index in [9.17, 15) is 9.59 Å². The van der Waals surface area contributed by atoms with Gasteiger partial charge < -0.3 is 11.1 Å². The summed E-state index contributed by atoms with van der Waals surface area (Å²) < 4.78 is 1.73. The van der Waals surface area contributed by atoms with Crippen molar-refractivity contribution in [2.75, 3.05) is 11.1 Å². The van der Waals surface area contributed by atoms with E-state index >= 15 is 0 Å². The van der Waals surface area contributed by atoms with Gasteiger partial charge in [-0.05, 0) is 24.6 Å². The largest absolute Gasteiger partial charge is 0.399 e. The number of imide groups is 1. The van der Waals surface area contributed by atoms with Crippen molar-refractivity contribution in [1.82, 2.24) is 15.1 Å². The second kappa shape index (κ2) is 4.52. The fourth-order valence-corrected chi connectivity index (χ4v) is 2.39. The molecule has 0 radical (unpaired) electrons. The van der Waals surface area contributed by atoms with Crippen LogP contribution in [0.4, 0.5) is 11.5 Å². The van der Waals surface area contributed by atoms with Crippen LogP contribution in [0.5, 0.6) is 0 Å². The van der Waals surface area contributed by atoms with Crippen LogP contribution in [0.15, 0.2) is 18.2 Å². The number of benzene rings is 1. The molecule has 0 saturated carbocycles. The van der Waals surface area contributed by atoms with Crippen molar-refractivity contribution < 1.29 is 9.59 Å². The van der Waals surface area contributed by atoms with Crippen molar-refractivity contribution in [2.24, 2.45) is 7.05 Å². The fraction of sp³-hybridized carbons (Fsp3) is 0.308. The SMILES string of the molecule is Cn1nc(NC2CCC(=O)NC2=O)c2cc(N)ccc21. The van der Waals surface area contributed by atoms with E-state index in [1.165, 1.54) is 0 Å². The zero-order chi connectivity index (χ0) is 14.3. The van der Waals surface area contributed by atoms with Gasteiger partial charge in [-0.2, -0.15) is 5.10 Å². The van der Waals surface area contributed by atoms with Gasteiger partial charge in [0.05, 0.1) is 5.52 Å². The number of aryl methyl sites for hydroxylation is 1. The van der Waals surface area contributed by atoms with Gasteiger partial charge in [0, 0.05) is 24.5 Å². The van der Waals surface area contributed by atoms with Crippen LogP contribution in [0.1, 0.15) is 12.8 Å². The van der Waals surface area contributed by atoms with Gasteiger partial charge in [-0.3, -0.25) is 19.6 Å². The van der Waals surface area contributed by atoms with Crippen LogP contribution < -0.4 is 16.4 Å². The predicted octanol–water partition coefficient (Wildman–Crippen LogP) is 0.373. The zero-order valence-corrected chi connectivity index (χ0v) is 11.0. The molecule has 2 aromatic rings. The summed E-state index contributed by atoms with van der Waals surface area (Å²) in [6, 6.07) is 5.05. The summed E-state index contributed by atoms with van der Waals surface area (Å²) in [5.74, 6) is 0.0522. The molecule has 1 fully saturated rings. The summed E-state index contributed by atoms with van der Waals surface area (Å²) in [5.41, 5.74) is 7.35. The van der Waals surface area contributed by atoms with Crippen LogP contribution >= 0.6 is 0 Å². The van der Waals surface area contributed by atoms with Gasteiger partial charge in [0.2, 0.25) is 11.8 Å².